The van der Waals surface area contributed by atoms with E-state index in [-0.39, 0.29) is 12.3 Å². The van der Waals surface area contributed by atoms with E-state index in [1.54, 1.807) is 0 Å². The molecule has 19 heavy (non-hydrogen) atoms. The first kappa shape index (κ1) is 13.3. The molecular weight excluding hydrogens is 244 g/mol. The van der Waals surface area contributed by atoms with Crippen molar-refractivity contribution in [3.05, 3.63) is 16.8 Å². The smallest absolute Gasteiger partial charge is 0.303 e. The van der Waals surface area contributed by atoms with Crippen LogP contribution in [0.15, 0.2) is 0 Å². The predicted octanol–water partition coefficient (Wildman–Crippen LogP) is 1.27. The molecule has 1 unspecified atom stereocenters. The average Bonchev–Trinajstić information content (AvgIpc) is 2.79. The van der Waals surface area contributed by atoms with Crippen molar-refractivity contribution in [2.24, 2.45) is 5.92 Å². The quantitative estimate of drug-likeness (QED) is 0.880. The maximum atomic E-state index is 10.7. The topological polar surface area (TPSA) is 90.1 Å². The number of anilines is 1. The summed E-state index contributed by atoms with van der Waals surface area (Å²) in [6.07, 6.45) is 0.975. The predicted molar refractivity (Wildman–Crippen MR) is 68.8 cm³/mol. The minimum Gasteiger partial charge on any atom is -0.481 e. The molecule has 0 spiro atoms. The summed E-state index contributed by atoms with van der Waals surface area (Å²) in [5, 5.41) is 26.2. The molecule has 0 saturated carbocycles. The first-order chi connectivity index (χ1) is 9.02. The summed E-state index contributed by atoms with van der Waals surface area (Å²) in [5.74, 6) is -0.0792. The Hall–Kier alpha value is -2.16. The Labute approximate surface area is 111 Å². The van der Waals surface area contributed by atoms with E-state index in [1.807, 2.05) is 18.7 Å². The van der Waals surface area contributed by atoms with Gasteiger partial charge in [-0.15, -0.1) is 5.10 Å². The number of aryl methyl sites for hydroxylation is 1. The van der Waals surface area contributed by atoms with Gasteiger partial charge in [0.1, 0.15) is 11.6 Å². The van der Waals surface area contributed by atoms with Crippen LogP contribution in [0.25, 0.3) is 0 Å². The zero-order chi connectivity index (χ0) is 14.0. The van der Waals surface area contributed by atoms with E-state index in [0.29, 0.717) is 17.9 Å². The standard InChI is InChI=1S/C13H16N4O2/c1-8-9(2)15-16-13(11(8)6-14)17-4-3-10(7-17)5-12(18)19/h10H,3-5,7H2,1-2H3,(H,18,19). The van der Waals surface area contributed by atoms with Gasteiger partial charge in [0.15, 0.2) is 5.82 Å². The molecule has 0 amide bonds. The van der Waals surface area contributed by atoms with Gasteiger partial charge in [0.25, 0.3) is 0 Å². The molecule has 1 N–H and O–H groups in total. The van der Waals surface area contributed by atoms with Crippen LogP contribution in [0.5, 0.6) is 0 Å². The molecule has 1 saturated heterocycles. The maximum absolute atomic E-state index is 10.7. The summed E-state index contributed by atoms with van der Waals surface area (Å²) in [5.41, 5.74) is 2.14. The largest absolute Gasteiger partial charge is 0.481 e. The van der Waals surface area contributed by atoms with Gasteiger partial charge in [-0.3, -0.25) is 4.79 Å². The number of carbonyl (C=O) groups is 1. The van der Waals surface area contributed by atoms with Gasteiger partial charge in [0.2, 0.25) is 0 Å². The number of nitriles is 1. The molecule has 6 nitrogen and oxygen atoms in total. The second-order valence-corrected chi connectivity index (χ2v) is 4.92. The van der Waals surface area contributed by atoms with Crippen molar-refractivity contribution in [3.8, 4) is 6.07 Å². The molecule has 1 atom stereocenters. The molecule has 2 rings (SSSR count). The van der Waals surface area contributed by atoms with Gasteiger partial charge in [-0.05, 0) is 31.7 Å². The van der Waals surface area contributed by atoms with E-state index in [1.165, 1.54) is 0 Å². The minimum absolute atomic E-state index is 0.118. The Balaban J connectivity index is 2.23. The first-order valence-corrected chi connectivity index (χ1v) is 6.23. The van der Waals surface area contributed by atoms with Gasteiger partial charge in [-0.1, -0.05) is 0 Å². The van der Waals surface area contributed by atoms with E-state index in [2.05, 4.69) is 16.3 Å². The van der Waals surface area contributed by atoms with Crippen LogP contribution < -0.4 is 4.90 Å². The number of carboxylic acid groups (broad SMARTS) is 1. The van der Waals surface area contributed by atoms with Gasteiger partial charge in [0, 0.05) is 19.5 Å². The fraction of sp³-hybridized carbons (Fsp3) is 0.538. The lowest BCUT2D eigenvalue weighted by Crippen LogP contribution is -2.23. The van der Waals surface area contributed by atoms with E-state index in [9.17, 15) is 10.1 Å². The SMILES string of the molecule is Cc1nnc(N2CCC(CC(=O)O)C2)c(C#N)c1C. The minimum atomic E-state index is -0.779. The first-order valence-electron chi connectivity index (χ1n) is 6.23. The van der Waals surface area contributed by atoms with Crippen molar-refractivity contribution in [2.45, 2.75) is 26.7 Å². The Morgan fingerprint density at radius 3 is 2.89 bits per heavy atom. The van der Waals surface area contributed by atoms with Crippen LogP contribution in [0.3, 0.4) is 0 Å². The fourth-order valence-electron chi connectivity index (χ4n) is 2.39. The second-order valence-electron chi connectivity index (χ2n) is 4.92. The molecule has 2 heterocycles. The summed E-state index contributed by atoms with van der Waals surface area (Å²) < 4.78 is 0. The molecule has 1 aromatic heterocycles. The fourth-order valence-corrected chi connectivity index (χ4v) is 2.39. The lowest BCUT2D eigenvalue weighted by molar-refractivity contribution is -0.137. The monoisotopic (exact) mass is 260 g/mol. The molecule has 6 heteroatoms. The van der Waals surface area contributed by atoms with Gasteiger partial charge < -0.3 is 10.0 Å². The van der Waals surface area contributed by atoms with Gasteiger partial charge in [0.05, 0.1) is 5.69 Å². The summed E-state index contributed by atoms with van der Waals surface area (Å²) in [4.78, 5) is 12.7. The lowest BCUT2D eigenvalue weighted by atomic mass is 10.1. The molecule has 1 aliphatic heterocycles. The number of hydrogen-bond acceptors (Lipinski definition) is 5. The van der Waals surface area contributed by atoms with Crippen molar-refractivity contribution < 1.29 is 9.90 Å². The highest BCUT2D eigenvalue weighted by atomic mass is 16.4. The molecule has 1 fully saturated rings. The normalized spacial score (nSPS) is 18.4. The summed E-state index contributed by atoms with van der Waals surface area (Å²) in [6.45, 7) is 5.03. The van der Waals surface area contributed by atoms with Gasteiger partial charge in [-0.2, -0.15) is 10.4 Å². The van der Waals surface area contributed by atoms with Crippen molar-refractivity contribution in [1.29, 1.82) is 5.26 Å². The second kappa shape index (κ2) is 5.22. The van der Waals surface area contributed by atoms with Crippen LogP contribution in [0.1, 0.15) is 29.7 Å². The summed E-state index contributed by atoms with van der Waals surface area (Å²) in [6, 6.07) is 2.18. The average molecular weight is 260 g/mol. The Morgan fingerprint density at radius 1 is 1.53 bits per heavy atom. The number of aromatic nitrogens is 2. The molecule has 1 aromatic rings. The summed E-state index contributed by atoms with van der Waals surface area (Å²) in [7, 11) is 0. The Kier molecular flexibility index (Phi) is 3.65. The van der Waals surface area contributed by atoms with Gasteiger partial charge >= 0.3 is 5.97 Å². The highest BCUT2D eigenvalue weighted by molar-refractivity contribution is 5.67. The number of rotatable bonds is 3. The van der Waals surface area contributed by atoms with Crippen molar-refractivity contribution in [1.82, 2.24) is 10.2 Å². The van der Waals surface area contributed by atoms with Crippen molar-refractivity contribution >= 4 is 11.8 Å². The molecular formula is C13H16N4O2. The zero-order valence-electron chi connectivity index (χ0n) is 11.1. The van der Waals surface area contributed by atoms with Crippen LogP contribution in [0, 0.1) is 31.1 Å². The highest BCUT2D eigenvalue weighted by Gasteiger charge is 2.28. The highest BCUT2D eigenvalue weighted by Crippen LogP contribution is 2.28. The third kappa shape index (κ3) is 2.65. The van der Waals surface area contributed by atoms with Crippen molar-refractivity contribution in [2.75, 3.05) is 18.0 Å². The lowest BCUT2D eigenvalue weighted by Gasteiger charge is -2.19. The van der Waals surface area contributed by atoms with E-state index in [0.717, 1.165) is 24.2 Å². The van der Waals surface area contributed by atoms with Crippen LogP contribution in [-0.4, -0.2) is 34.4 Å². The van der Waals surface area contributed by atoms with Crippen LogP contribution >= 0.6 is 0 Å². The third-order valence-corrected chi connectivity index (χ3v) is 3.60. The molecule has 0 bridgehead atoms. The summed E-state index contributed by atoms with van der Waals surface area (Å²) >= 11 is 0. The van der Waals surface area contributed by atoms with E-state index >= 15 is 0 Å². The number of nitrogens with zero attached hydrogens (tertiary/aromatic N) is 4. The third-order valence-electron chi connectivity index (χ3n) is 3.60. The van der Waals surface area contributed by atoms with Gasteiger partial charge in [-0.25, -0.2) is 0 Å². The molecule has 0 radical (unpaired) electrons. The number of carboxylic acids is 1. The number of hydrogen-bond donors (Lipinski definition) is 1. The molecule has 0 aromatic carbocycles. The van der Waals surface area contributed by atoms with Crippen LogP contribution in [0.2, 0.25) is 0 Å². The number of aliphatic carboxylic acids is 1. The zero-order valence-corrected chi connectivity index (χ0v) is 11.1. The molecule has 1 aliphatic rings. The Bertz CT molecular complexity index is 550. The van der Waals surface area contributed by atoms with Crippen LogP contribution in [0.4, 0.5) is 5.82 Å². The Morgan fingerprint density at radius 2 is 2.26 bits per heavy atom. The maximum Gasteiger partial charge on any atom is 0.303 e. The molecule has 0 aliphatic carbocycles. The molecule has 100 valence electrons. The van der Waals surface area contributed by atoms with E-state index < -0.39 is 5.97 Å². The van der Waals surface area contributed by atoms with Crippen molar-refractivity contribution in [3.63, 3.8) is 0 Å². The van der Waals surface area contributed by atoms with E-state index in [4.69, 9.17) is 5.11 Å². The van der Waals surface area contributed by atoms with Crippen LogP contribution in [-0.2, 0) is 4.79 Å².